The quantitative estimate of drug-likeness (QED) is 0.881. The minimum absolute atomic E-state index is 0.00509. The van der Waals surface area contributed by atoms with E-state index in [4.69, 9.17) is 11.6 Å². The summed E-state index contributed by atoms with van der Waals surface area (Å²) in [5, 5.41) is 6.09. The first-order chi connectivity index (χ1) is 9.33. The van der Waals surface area contributed by atoms with Gasteiger partial charge in [0.15, 0.2) is 5.13 Å². The van der Waals surface area contributed by atoms with Crippen molar-refractivity contribution in [3.8, 4) is 11.3 Å². The molecule has 2 rings (SSSR count). The molecule has 0 radical (unpaired) electrons. The van der Waals surface area contributed by atoms with E-state index in [-0.39, 0.29) is 11.3 Å². The molecular weight excluding hydrogens is 292 g/mol. The van der Waals surface area contributed by atoms with Gasteiger partial charge in [0.2, 0.25) is 5.91 Å². The molecule has 20 heavy (non-hydrogen) atoms. The van der Waals surface area contributed by atoms with E-state index in [1.54, 1.807) is 0 Å². The largest absolute Gasteiger partial charge is 0.302 e. The maximum Gasteiger partial charge on any atom is 0.226 e. The summed E-state index contributed by atoms with van der Waals surface area (Å²) in [5.74, 6) is -0.00509. The molecule has 0 aliphatic carbocycles. The maximum atomic E-state index is 11.9. The van der Waals surface area contributed by atoms with E-state index in [9.17, 15) is 4.79 Å². The Morgan fingerprint density at radius 3 is 2.55 bits per heavy atom. The second kappa shape index (κ2) is 5.94. The molecule has 1 aromatic heterocycles. The molecular formula is C15H17ClN2OS. The van der Waals surface area contributed by atoms with E-state index in [0.717, 1.165) is 11.3 Å². The zero-order chi connectivity index (χ0) is 14.8. The molecule has 1 N–H and O–H groups in total. The van der Waals surface area contributed by atoms with E-state index < -0.39 is 0 Å². The Kier molecular flexibility index (Phi) is 4.45. The highest BCUT2D eigenvalue weighted by atomic mass is 35.5. The molecule has 0 unspecified atom stereocenters. The van der Waals surface area contributed by atoms with Crippen LogP contribution in [0.4, 0.5) is 5.13 Å². The molecule has 0 aliphatic rings. The molecule has 1 heterocycles. The molecule has 106 valence electrons. The summed E-state index contributed by atoms with van der Waals surface area (Å²) in [5.41, 5.74) is 1.81. The molecule has 1 amide bonds. The Hall–Kier alpha value is -1.39. The lowest BCUT2D eigenvalue weighted by Gasteiger charge is -2.16. The second-order valence-electron chi connectivity index (χ2n) is 5.83. The summed E-state index contributed by atoms with van der Waals surface area (Å²) in [6, 6.07) is 7.48. The van der Waals surface area contributed by atoms with Gasteiger partial charge in [0, 0.05) is 22.4 Å². The Labute approximate surface area is 128 Å². The number of amides is 1. The van der Waals surface area contributed by atoms with Crippen LogP contribution in [0.15, 0.2) is 29.6 Å². The number of nitrogens with one attached hydrogen (secondary N) is 1. The van der Waals surface area contributed by atoms with Crippen LogP contribution in [0.3, 0.4) is 0 Å². The van der Waals surface area contributed by atoms with E-state index in [1.807, 2.05) is 50.4 Å². The number of carbonyl (C=O) groups is 1. The van der Waals surface area contributed by atoms with Crippen molar-refractivity contribution in [1.82, 2.24) is 4.98 Å². The lowest BCUT2D eigenvalue weighted by atomic mass is 9.92. The van der Waals surface area contributed by atoms with Gasteiger partial charge in [-0.25, -0.2) is 4.98 Å². The van der Waals surface area contributed by atoms with Crippen LogP contribution in [-0.2, 0) is 4.79 Å². The zero-order valence-electron chi connectivity index (χ0n) is 11.7. The van der Waals surface area contributed by atoms with Crippen LogP contribution in [-0.4, -0.2) is 10.9 Å². The molecule has 0 atom stereocenters. The third kappa shape index (κ3) is 4.32. The number of nitrogens with zero attached hydrogens (tertiary/aromatic N) is 1. The normalized spacial score (nSPS) is 11.4. The van der Waals surface area contributed by atoms with Crippen LogP contribution in [0.1, 0.15) is 27.2 Å². The van der Waals surface area contributed by atoms with Crippen LogP contribution in [0.2, 0.25) is 5.02 Å². The summed E-state index contributed by atoms with van der Waals surface area (Å²) in [7, 11) is 0. The van der Waals surface area contributed by atoms with Crippen molar-refractivity contribution < 1.29 is 4.79 Å². The summed E-state index contributed by atoms with van der Waals surface area (Å²) in [6.07, 6.45) is 0.475. The lowest BCUT2D eigenvalue weighted by molar-refractivity contribution is -0.117. The molecule has 0 aliphatic heterocycles. The first-order valence-electron chi connectivity index (χ1n) is 6.35. The number of aromatic nitrogens is 1. The van der Waals surface area contributed by atoms with Gasteiger partial charge >= 0.3 is 0 Å². The van der Waals surface area contributed by atoms with Gasteiger partial charge in [-0.1, -0.05) is 44.5 Å². The van der Waals surface area contributed by atoms with Crippen molar-refractivity contribution in [2.75, 3.05) is 5.32 Å². The number of halogens is 1. The SMILES string of the molecule is CC(C)(C)CC(=O)Nc1nc(-c2ccc(Cl)cc2)cs1. The molecule has 5 heteroatoms. The van der Waals surface area contributed by atoms with Crippen LogP contribution in [0.5, 0.6) is 0 Å². The van der Waals surface area contributed by atoms with Crippen molar-refractivity contribution in [3.63, 3.8) is 0 Å². The lowest BCUT2D eigenvalue weighted by Crippen LogP contribution is -2.19. The zero-order valence-corrected chi connectivity index (χ0v) is 13.3. The fourth-order valence-electron chi connectivity index (χ4n) is 1.73. The second-order valence-corrected chi connectivity index (χ2v) is 7.12. The van der Waals surface area contributed by atoms with Gasteiger partial charge in [-0.2, -0.15) is 0 Å². The Balaban J connectivity index is 2.06. The molecule has 2 aromatic rings. The standard InChI is InChI=1S/C15H17ClN2OS/c1-15(2,3)8-13(19)18-14-17-12(9-20-14)10-4-6-11(16)7-5-10/h4-7,9H,8H2,1-3H3,(H,17,18,19). The molecule has 0 bridgehead atoms. The fraction of sp³-hybridized carbons (Fsp3) is 0.333. The van der Waals surface area contributed by atoms with Crippen LogP contribution in [0.25, 0.3) is 11.3 Å². The molecule has 1 aromatic carbocycles. The minimum atomic E-state index is -0.0274. The predicted molar refractivity (Wildman–Crippen MR) is 85.3 cm³/mol. The Morgan fingerprint density at radius 2 is 1.95 bits per heavy atom. The van der Waals surface area contributed by atoms with Gasteiger partial charge in [-0.15, -0.1) is 11.3 Å². The highest BCUT2D eigenvalue weighted by molar-refractivity contribution is 7.14. The van der Waals surface area contributed by atoms with E-state index in [0.29, 0.717) is 16.6 Å². The average molecular weight is 309 g/mol. The van der Waals surface area contributed by atoms with E-state index in [2.05, 4.69) is 10.3 Å². The highest BCUT2D eigenvalue weighted by Gasteiger charge is 2.17. The average Bonchev–Trinajstić information content (AvgIpc) is 2.75. The summed E-state index contributed by atoms with van der Waals surface area (Å²) >= 11 is 7.29. The summed E-state index contributed by atoms with van der Waals surface area (Å²) in [4.78, 5) is 16.3. The molecule has 0 fully saturated rings. The van der Waals surface area contributed by atoms with Crippen molar-refractivity contribution in [2.24, 2.45) is 5.41 Å². The van der Waals surface area contributed by atoms with Gasteiger partial charge in [-0.05, 0) is 17.5 Å². The highest BCUT2D eigenvalue weighted by Crippen LogP contribution is 2.27. The van der Waals surface area contributed by atoms with Crippen molar-refractivity contribution in [2.45, 2.75) is 27.2 Å². The number of benzene rings is 1. The molecule has 0 spiro atoms. The van der Waals surface area contributed by atoms with Crippen LogP contribution >= 0.6 is 22.9 Å². The molecule has 3 nitrogen and oxygen atoms in total. The van der Waals surface area contributed by atoms with Gasteiger partial charge in [-0.3, -0.25) is 4.79 Å². The molecule has 0 saturated heterocycles. The van der Waals surface area contributed by atoms with Crippen molar-refractivity contribution in [1.29, 1.82) is 0 Å². The minimum Gasteiger partial charge on any atom is -0.302 e. The Morgan fingerprint density at radius 1 is 1.30 bits per heavy atom. The number of thiazole rings is 1. The van der Waals surface area contributed by atoms with Crippen LogP contribution in [0, 0.1) is 5.41 Å². The first kappa shape index (κ1) is 15.0. The Bertz CT molecular complexity index is 599. The topological polar surface area (TPSA) is 42.0 Å². The van der Waals surface area contributed by atoms with Gasteiger partial charge in [0.05, 0.1) is 5.69 Å². The van der Waals surface area contributed by atoms with E-state index in [1.165, 1.54) is 11.3 Å². The number of carbonyl (C=O) groups excluding carboxylic acids is 1. The first-order valence-corrected chi connectivity index (χ1v) is 7.60. The van der Waals surface area contributed by atoms with Gasteiger partial charge in [0.1, 0.15) is 0 Å². The third-order valence-corrected chi connectivity index (χ3v) is 3.59. The smallest absolute Gasteiger partial charge is 0.226 e. The van der Waals surface area contributed by atoms with Gasteiger partial charge < -0.3 is 5.32 Å². The maximum absolute atomic E-state index is 11.9. The number of hydrogen-bond donors (Lipinski definition) is 1. The van der Waals surface area contributed by atoms with Gasteiger partial charge in [0.25, 0.3) is 0 Å². The van der Waals surface area contributed by atoms with Crippen molar-refractivity contribution in [3.05, 3.63) is 34.7 Å². The molecule has 0 saturated carbocycles. The summed E-state index contributed by atoms with van der Waals surface area (Å²) < 4.78 is 0. The number of hydrogen-bond acceptors (Lipinski definition) is 3. The third-order valence-electron chi connectivity index (χ3n) is 2.58. The predicted octanol–water partition coefficient (Wildman–Crippen LogP) is 4.84. The van der Waals surface area contributed by atoms with Crippen molar-refractivity contribution >= 4 is 34.0 Å². The fourth-order valence-corrected chi connectivity index (χ4v) is 2.59. The number of anilines is 1. The monoisotopic (exact) mass is 308 g/mol. The van der Waals surface area contributed by atoms with Crippen LogP contribution < -0.4 is 5.32 Å². The number of rotatable bonds is 3. The van der Waals surface area contributed by atoms with E-state index >= 15 is 0 Å². The summed E-state index contributed by atoms with van der Waals surface area (Å²) in [6.45, 7) is 6.11.